The molecule has 0 aliphatic carbocycles. The molecule has 0 saturated heterocycles. The molecule has 3 nitrogen and oxygen atoms in total. The van der Waals surface area contributed by atoms with E-state index in [-0.39, 0.29) is 18.9 Å². The molecule has 0 bridgehead atoms. The van der Waals surface area contributed by atoms with Crippen LogP contribution in [-0.4, -0.2) is 30.0 Å². The number of hydrogen-bond donors (Lipinski definition) is 0. The van der Waals surface area contributed by atoms with Crippen molar-refractivity contribution in [3.8, 4) is 0 Å². The maximum atomic E-state index is 12.1. The fraction of sp³-hybridized carbons (Fsp3) is 0.977. The minimum Gasteiger partial charge on any atom is -0.548 e. The molecule has 1 atom stereocenters. The SMILES string of the molecule is CCCCCCCCCCCCCCCCCCCN(CCCCCCCCCCCCCCCCCCC)C(CCCC)C(=O)[O-].[Li+]. The van der Waals surface area contributed by atoms with E-state index in [1.165, 1.54) is 205 Å². The molecule has 0 aromatic rings. The average molecular weight is 670 g/mol. The number of nitrogens with zero attached hydrogens (tertiary/aromatic N) is 1. The molecule has 48 heavy (non-hydrogen) atoms. The van der Waals surface area contributed by atoms with Crippen LogP contribution in [0.1, 0.15) is 258 Å². The van der Waals surface area contributed by atoms with E-state index in [1.54, 1.807) is 0 Å². The second-order valence-electron chi connectivity index (χ2n) is 15.3. The van der Waals surface area contributed by atoms with Gasteiger partial charge in [0.1, 0.15) is 0 Å². The van der Waals surface area contributed by atoms with Gasteiger partial charge in [0, 0.05) is 6.04 Å². The number of carboxylic acid groups (broad SMARTS) is 1. The molecule has 0 aromatic heterocycles. The molecular weight excluding hydrogens is 581 g/mol. The quantitative estimate of drug-likeness (QED) is 0.0481. The molecule has 0 saturated carbocycles. The van der Waals surface area contributed by atoms with Crippen LogP contribution in [0.25, 0.3) is 0 Å². The third-order valence-electron chi connectivity index (χ3n) is 10.6. The van der Waals surface area contributed by atoms with E-state index >= 15 is 0 Å². The van der Waals surface area contributed by atoms with Gasteiger partial charge in [0.25, 0.3) is 0 Å². The predicted octanol–water partition coefficient (Wildman–Crippen LogP) is 10.9. The topological polar surface area (TPSA) is 43.4 Å². The molecule has 1 unspecified atom stereocenters. The molecule has 0 spiro atoms. The Balaban J connectivity index is 0. The first-order chi connectivity index (χ1) is 23.2. The van der Waals surface area contributed by atoms with Crippen molar-refractivity contribution in [2.45, 2.75) is 264 Å². The van der Waals surface area contributed by atoms with Crippen LogP contribution in [0.3, 0.4) is 0 Å². The van der Waals surface area contributed by atoms with Gasteiger partial charge in [-0.05, 0) is 32.4 Å². The maximum Gasteiger partial charge on any atom is 1.00 e. The Bertz CT molecular complexity index is 562. The van der Waals surface area contributed by atoms with E-state index in [4.69, 9.17) is 0 Å². The molecule has 0 rings (SSSR count). The molecular formula is C44H88LiNO2. The van der Waals surface area contributed by atoms with Gasteiger partial charge in [-0.25, -0.2) is 0 Å². The van der Waals surface area contributed by atoms with Crippen LogP contribution in [0.5, 0.6) is 0 Å². The molecule has 282 valence electrons. The van der Waals surface area contributed by atoms with Crippen LogP contribution in [0, 0.1) is 0 Å². The van der Waals surface area contributed by atoms with Crippen molar-refractivity contribution in [2.75, 3.05) is 13.1 Å². The second kappa shape index (κ2) is 43.2. The van der Waals surface area contributed by atoms with Crippen molar-refractivity contribution in [3.63, 3.8) is 0 Å². The Morgan fingerprint density at radius 2 is 0.583 bits per heavy atom. The molecule has 0 aliphatic rings. The van der Waals surface area contributed by atoms with Crippen LogP contribution in [0.15, 0.2) is 0 Å². The summed E-state index contributed by atoms with van der Waals surface area (Å²) in [7, 11) is 0. The van der Waals surface area contributed by atoms with E-state index in [0.29, 0.717) is 0 Å². The van der Waals surface area contributed by atoms with Gasteiger partial charge in [-0.2, -0.15) is 0 Å². The minimum atomic E-state index is -0.850. The first kappa shape index (κ1) is 50.1. The fourth-order valence-electron chi connectivity index (χ4n) is 7.35. The van der Waals surface area contributed by atoms with Crippen molar-refractivity contribution >= 4 is 5.97 Å². The summed E-state index contributed by atoms with van der Waals surface area (Å²) in [6.07, 6.45) is 49.7. The summed E-state index contributed by atoms with van der Waals surface area (Å²) in [4.78, 5) is 14.3. The summed E-state index contributed by atoms with van der Waals surface area (Å²) in [5.41, 5.74) is 0. The summed E-state index contributed by atoms with van der Waals surface area (Å²) in [5.74, 6) is -0.850. The average Bonchev–Trinajstić information content (AvgIpc) is 3.07. The summed E-state index contributed by atoms with van der Waals surface area (Å²) in [6, 6.07) is -0.392. The number of rotatable bonds is 41. The fourth-order valence-corrected chi connectivity index (χ4v) is 7.35. The first-order valence-electron chi connectivity index (χ1n) is 22.1. The number of aliphatic carboxylic acids is 1. The normalized spacial score (nSPS) is 12.1. The third kappa shape index (κ3) is 37.3. The van der Waals surface area contributed by atoms with E-state index in [2.05, 4.69) is 25.7 Å². The first-order valence-corrected chi connectivity index (χ1v) is 22.1. The van der Waals surface area contributed by atoms with Gasteiger partial charge in [0.05, 0.1) is 5.97 Å². The molecule has 0 heterocycles. The van der Waals surface area contributed by atoms with Crippen molar-refractivity contribution < 1.29 is 28.8 Å². The van der Waals surface area contributed by atoms with Gasteiger partial charge >= 0.3 is 18.9 Å². The van der Waals surface area contributed by atoms with E-state index in [9.17, 15) is 9.90 Å². The van der Waals surface area contributed by atoms with E-state index in [0.717, 1.165) is 45.2 Å². The van der Waals surface area contributed by atoms with Crippen LogP contribution in [0.4, 0.5) is 0 Å². The number of hydrogen-bond acceptors (Lipinski definition) is 3. The number of carbonyl (C=O) groups is 1. The summed E-state index contributed by atoms with van der Waals surface area (Å²) in [6.45, 7) is 8.61. The number of carboxylic acids is 1. The molecule has 0 amide bonds. The Hall–Kier alpha value is 0.0274. The van der Waals surface area contributed by atoms with Gasteiger partial charge in [-0.1, -0.05) is 239 Å². The van der Waals surface area contributed by atoms with Gasteiger partial charge in [0.2, 0.25) is 0 Å². The van der Waals surface area contributed by atoms with Gasteiger partial charge in [-0.3, -0.25) is 4.90 Å². The van der Waals surface area contributed by atoms with Crippen LogP contribution in [-0.2, 0) is 4.79 Å². The molecule has 0 aromatic carbocycles. The van der Waals surface area contributed by atoms with Crippen molar-refractivity contribution in [1.82, 2.24) is 4.90 Å². The third-order valence-corrected chi connectivity index (χ3v) is 10.6. The molecule has 0 N–H and O–H groups in total. The van der Waals surface area contributed by atoms with Gasteiger partial charge < -0.3 is 9.90 Å². The smallest absolute Gasteiger partial charge is 0.548 e. The predicted molar refractivity (Wildman–Crippen MR) is 208 cm³/mol. The molecule has 0 aliphatic heterocycles. The van der Waals surface area contributed by atoms with E-state index < -0.39 is 12.0 Å². The Morgan fingerprint density at radius 1 is 0.375 bits per heavy atom. The molecule has 0 fully saturated rings. The second-order valence-corrected chi connectivity index (χ2v) is 15.3. The summed E-state index contributed by atoms with van der Waals surface area (Å²) < 4.78 is 0. The van der Waals surface area contributed by atoms with Crippen molar-refractivity contribution in [2.24, 2.45) is 0 Å². The maximum absolute atomic E-state index is 12.1. The van der Waals surface area contributed by atoms with Crippen molar-refractivity contribution in [1.29, 1.82) is 0 Å². The van der Waals surface area contributed by atoms with Crippen LogP contribution < -0.4 is 24.0 Å². The number of unbranched alkanes of at least 4 members (excludes halogenated alkanes) is 33. The van der Waals surface area contributed by atoms with E-state index in [1.807, 2.05) is 0 Å². The van der Waals surface area contributed by atoms with Crippen LogP contribution >= 0.6 is 0 Å². The zero-order valence-electron chi connectivity index (χ0n) is 33.9. The Morgan fingerprint density at radius 3 is 0.792 bits per heavy atom. The summed E-state index contributed by atoms with van der Waals surface area (Å²) >= 11 is 0. The van der Waals surface area contributed by atoms with Gasteiger partial charge in [-0.15, -0.1) is 0 Å². The largest absolute Gasteiger partial charge is 1.00 e. The van der Waals surface area contributed by atoms with Crippen LogP contribution in [0.2, 0.25) is 0 Å². The minimum absolute atomic E-state index is 0. The molecule has 0 radical (unpaired) electrons. The zero-order chi connectivity index (χ0) is 34.3. The number of carbonyl (C=O) groups excluding carboxylic acids is 1. The van der Waals surface area contributed by atoms with Crippen molar-refractivity contribution in [3.05, 3.63) is 0 Å². The molecule has 4 heteroatoms. The zero-order valence-corrected chi connectivity index (χ0v) is 33.9. The summed E-state index contributed by atoms with van der Waals surface area (Å²) in [5, 5.41) is 12.1. The standard InChI is InChI=1S/C44H89NO2.Li/c1-4-7-10-12-14-16-18-20-22-24-26-28-30-32-34-36-38-41-45(43(44(46)47)40-9-6-3)42-39-37-35-33-31-29-27-25-23-21-19-17-15-13-11-8-5-2;/h43H,4-42H2,1-3H3,(H,46,47);/q;+1/p-1. The Kier molecular flexibility index (Phi) is 45.1. The van der Waals surface area contributed by atoms with Gasteiger partial charge in [0.15, 0.2) is 0 Å². The Labute approximate surface area is 315 Å². The monoisotopic (exact) mass is 670 g/mol.